The topological polar surface area (TPSA) is 94.8 Å². The normalized spacial score (nSPS) is 17.5. The molecule has 8 nitrogen and oxygen atoms in total. The lowest BCUT2D eigenvalue weighted by molar-refractivity contribution is 0.265. The van der Waals surface area contributed by atoms with Gasteiger partial charge in [0.05, 0.1) is 25.0 Å². The number of piperidine rings is 1. The summed E-state index contributed by atoms with van der Waals surface area (Å²) in [6, 6.07) is 12.0. The highest BCUT2D eigenvalue weighted by atomic mass is 79.9. The van der Waals surface area contributed by atoms with Crippen LogP contribution in [0.3, 0.4) is 0 Å². The van der Waals surface area contributed by atoms with Crippen LogP contribution in [-0.4, -0.2) is 50.2 Å². The molecule has 0 radical (unpaired) electrons. The standard InChI is InChI=1S/C21H22BrN3O5S/c1-28-17-10-15(11-18(12-17)29-2)20-23-21(30-24-20)14-4-3-9-25(13-14)31(26,27)19-7-5-16(22)6-8-19/h5-8,10-12,14H,3-4,9,13H2,1-2H3/t14-/m0/s1. The number of benzene rings is 2. The van der Waals surface area contributed by atoms with E-state index >= 15 is 0 Å². The largest absolute Gasteiger partial charge is 0.497 e. The Morgan fingerprint density at radius 3 is 2.42 bits per heavy atom. The van der Waals surface area contributed by atoms with Crippen LogP contribution in [-0.2, 0) is 10.0 Å². The Morgan fingerprint density at radius 2 is 1.77 bits per heavy atom. The predicted octanol–water partition coefficient (Wildman–Crippen LogP) is 4.08. The third kappa shape index (κ3) is 4.60. The van der Waals surface area contributed by atoms with Crippen LogP contribution in [0.2, 0.25) is 0 Å². The van der Waals surface area contributed by atoms with Crippen molar-refractivity contribution in [3.63, 3.8) is 0 Å². The summed E-state index contributed by atoms with van der Waals surface area (Å²) in [6.07, 6.45) is 1.49. The van der Waals surface area contributed by atoms with Gasteiger partial charge in [-0.25, -0.2) is 8.42 Å². The van der Waals surface area contributed by atoms with E-state index in [1.165, 1.54) is 4.31 Å². The molecule has 0 spiro atoms. The molecule has 1 aliphatic rings. The van der Waals surface area contributed by atoms with Crippen LogP contribution in [0.5, 0.6) is 11.5 Å². The number of rotatable bonds is 6. The molecule has 0 N–H and O–H groups in total. The van der Waals surface area contributed by atoms with Gasteiger partial charge in [-0.1, -0.05) is 21.1 Å². The van der Waals surface area contributed by atoms with Crippen molar-refractivity contribution in [3.05, 3.63) is 52.8 Å². The highest BCUT2D eigenvalue weighted by Crippen LogP contribution is 2.32. The number of nitrogens with zero attached hydrogens (tertiary/aromatic N) is 3. The van der Waals surface area contributed by atoms with E-state index < -0.39 is 10.0 Å². The van der Waals surface area contributed by atoms with Crippen molar-refractivity contribution in [1.82, 2.24) is 14.4 Å². The molecule has 3 aromatic rings. The fraction of sp³-hybridized carbons (Fsp3) is 0.333. The maximum absolute atomic E-state index is 13.1. The second-order valence-electron chi connectivity index (χ2n) is 7.21. The fourth-order valence-electron chi connectivity index (χ4n) is 3.57. The summed E-state index contributed by atoms with van der Waals surface area (Å²) in [5.74, 6) is 1.88. The second kappa shape index (κ2) is 8.97. The molecule has 0 amide bonds. The van der Waals surface area contributed by atoms with Gasteiger partial charge in [0, 0.05) is 29.2 Å². The molecule has 0 bridgehead atoms. The van der Waals surface area contributed by atoms with Crippen molar-refractivity contribution in [2.45, 2.75) is 23.7 Å². The highest BCUT2D eigenvalue weighted by Gasteiger charge is 2.33. The lowest BCUT2D eigenvalue weighted by atomic mass is 10.00. The number of aromatic nitrogens is 2. The Bertz CT molecular complexity index is 1140. The van der Waals surface area contributed by atoms with Gasteiger partial charge in [-0.2, -0.15) is 9.29 Å². The second-order valence-corrected chi connectivity index (χ2v) is 10.1. The van der Waals surface area contributed by atoms with E-state index in [9.17, 15) is 8.42 Å². The smallest absolute Gasteiger partial charge is 0.243 e. The van der Waals surface area contributed by atoms with E-state index in [-0.39, 0.29) is 10.8 Å². The van der Waals surface area contributed by atoms with Gasteiger partial charge in [0.2, 0.25) is 21.7 Å². The van der Waals surface area contributed by atoms with Crippen molar-refractivity contribution in [1.29, 1.82) is 0 Å². The molecule has 10 heteroatoms. The number of sulfonamides is 1. The van der Waals surface area contributed by atoms with Crippen LogP contribution in [0.4, 0.5) is 0 Å². The third-order valence-corrected chi connectivity index (χ3v) is 7.64. The Balaban J connectivity index is 1.56. The Morgan fingerprint density at radius 1 is 1.10 bits per heavy atom. The Labute approximate surface area is 189 Å². The molecular weight excluding hydrogens is 486 g/mol. The molecule has 2 heterocycles. The quantitative estimate of drug-likeness (QED) is 0.495. The molecule has 4 rings (SSSR count). The summed E-state index contributed by atoms with van der Waals surface area (Å²) in [5, 5.41) is 4.10. The lowest BCUT2D eigenvalue weighted by Crippen LogP contribution is -2.39. The molecule has 1 saturated heterocycles. The number of methoxy groups -OCH3 is 2. The SMILES string of the molecule is COc1cc(OC)cc(-c2noc([C@H]3CCCN(S(=O)(=O)c4ccc(Br)cc4)C3)n2)c1. The van der Waals surface area contributed by atoms with Crippen molar-refractivity contribution in [2.24, 2.45) is 0 Å². The monoisotopic (exact) mass is 507 g/mol. The van der Waals surface area contributed by atoms with Gasteiger partial charge in [0.15, 0.2) is 0 Å². The van der Waals surface area contributed by atoms with Crippen LogP contribution < -0.4 is 9.47 Å². The number of hydrogen-bond acceptors (Lipinski definition) is 7. The zero-order valence-electron chi connectivity index (χ0n) is 17.1. The molecule has 164 valence electrons. The van der Waals surface area contributed by atoms with Gasteiger partial charge in [0.1, 0.15) is 11.5 Å². The molecule has 1 atom stereocenters. The van der Waals surface area contributed by atoms with E-state index in [0.29, 0.717) is 48.3 Å². The first kappa shape index (κ1) is 21.8. The maximum atomic E-state index is 13.1. The highest BCUT2D eigenvalue weighted by molar-refractivity contribution is 9.10. The first-order valence-corrected chi connectivity index (χ1v) is 12.0. The zero-order chi connectivity index (χ0) is 22.0. The molecule has 31 heavy (non-hydrogen) atoms. The first-order chi connectivity index (χ1) is 14.9. The zero-order valence-corrected chi connectivity index (χ0v) is 19.5. The van der Waals surface area contributed by atoms with E-state index in [4.69, 9.17) is 14.0 Å². The molecular formula is C21H22BrN3O5S. The van der Waals surface area contributed by atoms with E-state index in [0.717, 1.165) is 10.9 Å². The number of hydrogen-bond donors (Lipinski definition) is 0. The van der Waals surface area contributed by atoms with E-state index in [1.54, 1.807) is 56.7 Å². The molecule has 1 aromatic heterocycles. The molecule has 2 aromatic carbocycles. The minimum Gasteiger partial charge on any atom is -0.497 e. The molecule has 0 saturated carbocycles. The average molecular weight is 508 g/mol. The van der Waals surface area contributed by atoms with Crippen molar-refractivity contribution < 1.29 is 22.4 Å². The Kier molecular flexibility index (Phi) is 6.31. The first-order valence-electron chi connectivity index (χ1n) is 9.73. The molecule has 1 fully saturated rings. The number of halogens is 1. The molecule has 0 unspecified atom stereocenters. The van der Waals surface area contributed by atoms with E-state index in [1.807, 2.05) is 0 Å². The lowest BCUT2D eigenvalue weighted by Gasteiger charge is -2.30. The minimum absolute atomic E-state index is 0.173. The van der Waals surface area contributed by atoms with Gasteiger partial charge in [-0.05, 0) is 49.2 Å². The van der Waals surface area contributed by atoms with Crippen LogP contribution in [0.25, 0.3) is 11.4 Å². The van der Waals surface area contributed by atoms with Crippen molar-refractivity contribution in [2.75, 3.05) is 27.3 Å². The summed E-state index contributed by atoms with van der Waals surface area (Å²) in [6.45, 7) is 0.754. The average Bonchev–Trinajstić information content (AvgIpc) is 3.29. The maximum Gasteiger partial charge on any atom is 0.243 e. The van der Waals surface area contributed by atoms with Gasteiger partial charge in [0.25, 0.3) is 0 Å². The summed E-state index contributed by atoms with van der Waals surface area (Å²) < 4.78 is 44.6. The van der Waals surface area contributed by atoms with Crippen LogP contribution in [0.1, 0.15) is 24.7 Å². The van der Waals surface area contributed by atoms with Crippen molar-refractivity contribution in [3.8, 4) is 22.9 Å². The molecule has 1 aliphatic heterocycles. The van der Waals surface area contributed by atoms with E-state index in [2.05, 4.69) is 26.1 Å². The fourth-order valence-corrected chi connectivity index (χ4v) is 5.36. The summed E-state index contributed by atoms with van der Waals surface area (Å²) in [5.41, 5.74) is 0.696. The Hall–Kier alpha value is -2.43. The molecule has 0 aliphatic carbocycles. The summed E-state index contributed by atoms with van der Waals surface area (Å²) >= 11 is 3.34. The van der Waals surface area contributed by atoms with Gasteiger partial charge in [-0.15, -0.1) is 0 Å². The summed E-state index contributed by atoms with van der Waals surface area (Å²) in [7, 11) is -0.449. The van der Waals surface area contributed by atoms with Gasteiger partial charge < -0.3 is 14.0 Å². The summed E-state index contributed by atoms with van der Waals surface area (Å²) in [4.78, 5) is 4.81. The van der Waals surface area contributed by atoms with Gasteiger partial charge >= 0.3 is 0 Å². The predicted molar refractivity (Wildman–Crippen MR) is 118 cm³/mol. The van der Waals surface area contributed by atoms with Crippen LogP contribution in [0, 0.1) is 0 Å². The van der Waals surface area contributed by atoms with Crippen LogP contribution >= 0.6 is 15.9 Å². The minimum atomic E-state index is -3.59. The van der Waals surface area contributed by atoms with Crippen molar-refractivity contribution >= 4 is 26.0 Å². The third-order valence-electron chi connectivity index (χ3n) is 5.24. The van der Waals surface area contributed by atoms with Crippen LogP contribution in [0.15, 0.2) is 56.4 Å². The number of ether oxygens (including phenoxy) is 2. The van der Waals surface area contributed by atoms with Gasteiger partial charge in [-0.3, -0.25) is 0 Å².